The molecular weight excluding hydrogens is 330 g/mol. The van der Waals surface area contributed by atoms with Crippen LogP contribution >= 0.6 is 11.6 Å². The molecule has 128 valence electrons. The first-order valence-electron chi connectivity index (χ1n) is 7.98. The van der Waals surface area contributed by atoms with Gasteiger partial charge in [-0.2, -0.15) is 0 Å². The molecule has 1 amide bonds. The number of hydrogen-bond acceptors (Lipinski definition) is 4. The zero-order valence-corrected chi connectivity index (χ0v) is 14.1. The van der Waals surface area contributed by atoms with E-state index >= 15 is 0 Å². The number of carbonyl (C=O) groups is 1. The van der Waals surface area contributed by atoms with Gasteiger partial charge in [-0.25, -0.2) is 9.78 Å². The molecule has 1 aliphatic heterocycles. The molecule has 2 aromatic rings. The SMILES string of the molecule is C[C@H](NC(=O)O)c1cc2cccc(Cl)c2nc1NC[C@H]1CCCO1. The van der Waals surface area contributed by atoms with Crippen LogP contribution in [0, 0.1) is 0 Å². The van der Waals surface area contributed by atoms with Gasteiger partial charge >= 0.3 is 6.09 Å². The van der Waals surface area contributed by atoms with Crippen LogP contribution in [-0.4, -0.2) is 35.4 Å². The number of para-hydroxylation sites is 1. The maximum absolute atomic E-state index is 11.0. The van der Waals surface area contributed by atoms with Crippen LogP contribution in [-0.2, 0) is 4.74 Å². The van der Waals surface area contributed by atoms with Gasteiger partial charge in [0.25, 0.3) is 0 Å². The first-order valence-corrected chi connectivity index (χ1v) is 8.36. The molecule has 1 fully saturated rings. The maximum Gasteiger partial charge on any atom is 0.405 e. The highest BCUT2D eigenvalue weighted by molar-refractivity contribution is 6.35. The third-order valence-electron chi connectivity index (χ3n) is 4.15. The molecule has 3 rings (SSSR count). The number of benzene rings is 1. The number of amides is 1. The Morgan fingerprint density at radius 3 is 3.08 bits per heavy atom. The molecule has 1 aromatic heterocycles. The van der Waals surface area contributed by atoms with Crippen LogP contribution in [0.3, 0.4) is 0 Å². The van der Waals surface area contributed by atoms with E-state index in [-0.39, 0.29) is 6.10 Å². The molecule has 2 heterocycles. The second kappa shape index (κ2) is 7.23. The van der Waals surface area contributed by atoms with Crippen LogP contribution in [0.25, 0.3) is 10.9 Å². The van der Waals surface area contributed by atoms with Crippen molar-refractivity contribution < 1.29 is 14.6 Å². The lowest BCUT2D eigenvalue weighted by molar-refractivity contribution is 0.120. The van der Waals surface area contributed by atoms with Gasteiger partial charge < -0.3 is 20.5 Å². The zero-order valence-electron chi connectivity index (χ0n) is 13.4. The van der Waals surface area contributed by atoms with E-state index in [9.17, 15) is 4.79 Å². The number of fused-ring (bicyclic) bond motifs is 1. The Bertz CT molecular complexity index is 747. The fourth-order valence-electron chi connectivity index (χ4n) is 2.93. The van der Waals surface area contributed by atoms with Gasteiger partial charge in [0, 0.05) is 24.1 Å². The average molecular weight is 350 g/mol. The van der Waals surface area contributed by atoms with Gasteiger partial charge in [0.05, 0.1) is 22.7 Å². The fraction of sp³-hybridized carbons (Fsp3) is 0.412. The molecule has 1 aromatic carbocycles. The number of nitrogens with one attached hydrogen (secondary N) is 2. The first-order chi connectivity index (χ1) is 11.5. The Hall–Kier alpha value is -2.05. The summed E-state index contributed by atoms with van der Waals surface area (Å²) in [4.78, 5) is 15.6. The average Bonchev–Trinajstić information content (AvgIpc) is 3.05. The van der Waals surface area contributed by atoms with Gasteiger partial charge in [0.1, 0.15) is 5.82 Å². The summed E-state index contributed by atoms with van der Waals surface area (Å²) in [6.07, 6.45) is 1.16. The molecule has 0 bridgehead atoms. The van der Waals surface area contributed by atoms with Crippen molar-refractivity contribution in [2.24, 2.45) is 0 Å². The van der Waals surface area contributed by atoms with Crippen molar-refractivity contribution in [3.8, 4) is 0 Å². The maximum atomic E-state index is 11.0. The number of halogens is 1. The highest BCUT2D eigenvalue weighted by Gasteiger charge is 2.19. The van der Waals surface area contributed by atoms with Crippen LogP contribution in [0.2, 0.25) is 5.02 Å². The Morgan fingerprint density at radius 2 is 2.38 bits per heavy atom. The fourth-order valence-corrected chi connectivity index (χ4v) is 3.15. The van der Waals surface area contributed by atoms with Crippen LogP contribution in [0.5, 0.6) is 0 Å². The van der Waals surface area contributed by atoms with Crippen molar-refractivity contribution in [1.82, 2.24) is 10.3 Å². The van der Waals surface area contributed by atoms with Crippen LogP contribution in [0.1, 0.15) is 31.4 Å². The molecule has 0 spiro atoms. The van der Waals surface area contributed by atoms with Crippen molar-refractivity contribution in [3.05, 3.63) is 34.9 Å². The number of hydrogen-bond donors (Lipinski definition) is 3. The Labute approximate surface area is 145 Å². The number of anilines is 1. The van der Waals surface area contributed by atoms with Crippen molar-refractivity contribution in [3.63, 3.8) is 0 Å². The molecule has 7 heteroatoms. The minimum absolute atomic E-state index is 0.157. The number of carboxylic acid groups (broad SMARTS) is 1. The predicted molar refractivity (Wildman–Crippen MR) is 93.8 cm³/mol. The molecule has 0 unspecified atom stereocenters. The Balaban J connectivity index is 1.94. The standard InChI is InChI=1S/C17H20ClN3O3/c1-10(20-17(22)23)13-8-11-4-2-6-14(18)15(11)21-16(13)19-9-12-5-3-7-24-12/h2,4,6,8,10,12,20H,3,5,7,9H2,1H3,(H,19,21)(H,22,23)/t10-,12+/m0/s1. The molecule has 0 aliphatic carbocycles. The molecule has 1 aliphatic rings. The molecular formula is C17H20ClN3O3. The van der Waals surface area contributed by atoms with Gasteiger partial charge in [0.15, 0.2) is 0 Å². The first kappa shape index (κ1) is 16.8. The van der Waals surface area contributed by atoms with Crippen LogP contribution in [0.4, 0.5) is 10.6 Å². The second-order valence-corrected chi connectivity index (χ2v) is 6.33. The highest BCUT2D eigenvalue weighted by atomic mass is 35.5. The summed E-state index contributed by atoms with van der Waals surface area (Å²) in [5, 5.41) is 16.2. The van der Waals surface area contributed by atoms with Crippen molar-refractivity contribution >= 4 is 34.4 Å². The number of pyridine rings is 1. The van der Waals surface area contributed by atoms with E-state index in [1.54, 1.807) is 13.0 Å². The van der Waals surface area contributed by atoms with Crippen LogP contribution in [0.15, 0.2) is 24.3 Å². The molecule has 24 heavy (non-hydrogen) atoms. The molecule has 1 saturated heterocycles. The van der Waals surface area contributed by atoms with E-state index in [1.165, 1.54) is 0 Å². The smallest absolute Gasteiger partial charge is 0.405 e. The number of rotatable bonds is 5. The van der Waals surface area contributed by atoms with E-state index in [4.69, 9.17) is 21.4 Å². The van der Waals surface area contributed by atoms with E-state index in [1.807, 2.05) is 18.2 Å². The molecule has 0 radical (unpaired) electrons. The Morgan fingerprint density at radius 1 is 1.54 bits per heavy atom. The van der Waals surface area contributed by atoms with E-state index in [2.05, 4.69) is 15.6 Å². The lowest BCUT2D eigenvalue weighted by Gasteiger charge is -2.19. The minimum atomic E-state index is -1.07. The number of aromatic nitrogens is 1. The number of nitrogens with zero attached hydrogens (tertiary/aromatic N) is 1. The lowest BCUT2D eigenvalue weighted by atomic mass is 10.1. The highest BCUT2D eigenvalue weighted by Crippen LogP contribution is 2.29. The monoisotopic (exact) mass is 349 g/mol. The van der Waals surface area contributed by atoms with Crippen LogP contribution < -0.4 is 10.6 Å². The van der Waals surface area contributed by atoms with Crippen molar-refractivity contribution in [2.75, 3.05) is 18.5 Å². The summed E-state index contributed by atoms with van der Waals surface area (Å²) in [5.74, 6) is 0.632. The largest absolute Gasteiger partial charge is 0.465 e. The minimum Gasteiger partial charge on any atom is -0.465 e. The Kier molecular flexibility index (Phi) is 5.06. The van der Waals surface area contributed by atoms with Gasteiger partial charge in [-0.15, -0.1) is 0 Å². The quantitative estimate of drug-likeness (QED) is 0.764. The third kappa shape index (κ3) is 3.71. The van der Waals surface area contributed by atoms with Gasteiger partial charge in [-0.1, -0.05) is 23.7 Å². The van der Waals surface area contributed by atoms with Crippen molar-refractivity contribution in [1.29, 1.82) is 0 Å². The summed E-state index contributed by atoms with van der Waals surface area (Å²) in [7, 11) is 0. The predicted octanol–water partition coefficient (Wildman–Crippen LogP) is 3.81. The summed E-state index contributed by atoms with van der Waals surface area (Å²) < 4.78 is 5.62. The topological polar surface area (TPSA) is 83.5 Å². The summed E-state index contributed by atoms with van der Waals surface area (Å²) in [5.41, 5.74) is 1.48. The van der Waals surface area contributed by atoms with Gasteiger partial charge in [0.2, 0.25) is 0 Å². The van der Waals surface area contributed by atoms with E-state index in [0.717, 1.165) is 30.4 Å². The van der Waals surface area contributed by atoms with E-state index < -0.39 is 12.1 Å². The summed E-state index contributed by atoms with van der Waals surface area (Å²) >= 11 is 6.25. The van der Waals surface area contributed by atoms with Gasteiger partial charge in [-0.3, -0.25) is 0 Å². The number of ether oxygens (including phenoxy) is 1. The lowest BCUT2D eigenvalue weighted by Crippen LogP contribution is -2.26. The molecule has 3 N–H and O–H groups in total. The second-order valence-electron chi connectivity index (χ2n) is 5.92. The molecule has 0 saturated carbocycles. The van der Waals surface area contributed by atoms with Gasteiger partial charge in [-0.05, 0) is 31.9 Å². The molecule has 6 nitrogen and oxygen atoms in total. The normalized spacial score (nSPS) is 18.5. The zero-order chi connectivity index (χ0) is 17.1. The summed E-state index contributed by atoms with van der Waals surface area (Å²) in [6, 6.07) is 7.08. The van der Waals surface area contributed by atoms with Crippen molar-refractivity contribution in [2.45, 2.75) is 31.9 Å². The third-order valence-corrected chi connectivity index (χ3v) is 4.46. The molecule has 2 atom stereocenters. The van der Waals surface area contributed by atoms with E-state index in [0.29, 0.717) is 22.9 Å². The summed E-state index contributed by atoms with van der Waals surface area (Å²) in [6.45, 7) is 3.21.